The molecule has 0 atom stereocenters. The zero-order chi connectivity index (χ0) is 14.4. The predicted octanol–water partition coefficient (Wildman–Crippen LogP) is 1.58. The van der Waals surface area contributed by atoms with Crippen LogP contribution in [0.4, 0.5) is 0 Å². The molecule has 0 unspecified atom stereocenters. The Morgan fingerprint density at radius 2 is 2.40 bits per heavy atom. The number of benzene rings is 1. The molecule has 100 valence electrons. The van der Waals surface area contributed by atoms with Gasteiger partial charge in [0.05, 0.1) is 18.2 Å². The van der Waals surface area contributed by atoms with Crippen LogP contribution in [0.3, 0.4) is 0 Å². The lowest BCUT2D eigenvalue weighted by molar-refractivity contribution is -0.116. The maximum atomic E-state index is 11.6. The molecule has 1 heterocycles. The monoisotopic (exact) mass is 268 g/mol. The number of carbonyl (C=O) groups excluding carboxylic acids is 1. The molecule has 1 aromatic carbocycles. The molecule has 0 aliphatic carbocycles. The summed E-state index contributed by atoms with van der Waals surface area (Å²) < 4.78 is 4.79. The summed E-state index contributed by atoms with van der Waals surface area (Å²) in [6, 6.07) is 9.02. The van der Waals surface area contributed by atoms with Crippen molar-refractivity contribution >= 4 is 12.0 Å². The van der Waals surface area contributed by atoms with E-state index in [1.807, 2.05) is 12.1 Å². The minimum Gasteiger partial charge on any atom is -0.345 e. The van der Waals surface area contributed by atoms with E-state index in [9.17, 15) is 4.79 Å². The number of hydrogen-bond donors (Lipinski definition) is 1. The van der Waals surface area contributed by atoms with Gasteiger partial charge in [-0.05, 0) is 23.8 Å². The van der Waals surface area contributed by atoms with E-state index in [1.54, 1.807) is 31.2 Å². The molecule has 0 saturated carbocycles. The van der Waals surface area contributed by atoms with Gasteiger partial charge in [-0.2, -0.15) is 10.2 Å². The summed E-state index contributed by atoms with van der Waals surface area (Å²) in [7, 11) is 0. The summed E-state index contributed by atoms with van der Waals surface area (Å²) in [4.78, 5) is 15.6. The van der Waals surface area contributed by atoms with Crippen LogP contribution in [-0.2, 0) is 11.3 Å². The zero-order valence-corrected chi connectivity index (χ0v) is 10.8. The summed E-state index contributed by atoms with van der Waals surface area (Å²) in [6.45, 7) is 1.89. The number of aromatic nitrogens is 2. The lowest BCUT2D eigenvalue weighted by Gasteiger charge is -1.97. The largest absolute Gasteiger partial charge is 0.345 e. The minimum atomic E-state index is -0.269. The standard InChI is InChI=1S/C14H12N4O2/c1-10-17-13(18-20-10)9-16-14(19)6-5-11-3-2-4-12(7-11)8-15/h2-7H,9H2,1H3,(H,16,19)/b6-5+. The Morgan fingerprint density at radius 1 is 1.55 bits per heavy atom. The van der Waals surface area contributed by atoms with E-state index in [2.05, 4.69) is 15.5 Å². The molecule has 0 saturated heterocycles. The van der Waals surface area contributed by atoms with Crippen LogP contribution in [0.25, 0.3) is 6.08 Å². The molecule has 1 amide bonds. The van der Waals surface area contributed by atoms with Crippen molar-refractivity contribution in [3.05, 3.63) is 53.2 Å². The van der Waals surface area contributed by atoms with Crippen molar-refractivity contribution in [3.63, 3.8) is 0 Å². The van der Waals surface area contributed by atoms with Crippen LogP contribution in [0.2, 0.25) is 0 Å². The summed E-state index contributed by atoms with van der Waals surface area (Å²) in [5.74, 6) is 0.614. The lowest BCUT2D eigenvalue weighted by atomic mass is 10.1. The fraction of sp³-hybridized carbons (Fsp3) is 0.143. The van der Waals surface area contributed by atoms with Crippen molar-refractivity contribution in [2.45, 2.75) is 13.5 Å². The van der Waals surface area contributed by atoms with Gasteiger partial charge in [-0.25, -0.2) is 0 Å². The fourth-order valence-corrected chi connectivity index (χ4v) is 1.52. The molecule has 6 heteroatoms. The second kappa shape index (κ2) is 6.29. The number of aryl methyl sites for hydroxylation is 1. The first kappa shape index (κ1) is 13.5. The van der Waals surface area contributed by atoms with Gasteiger partial charge in [-0.1, -0.05) is 17.3 Å². The molecule has 2 aromatic rings. The molecule has 1 N–H and O–H groups in total. The molecule has 0 bridgehead atoms. The summed E-state index contributed by atoms with van der Waals surface area (Å²) in [5.41, 5.74) is 1.34. The van der Waals surface area contributed by atoms with Crippen LogP contribution < -0.4 is 5.32 Å². The Morgan fingerprint density at radius 3 is 3.10 bits per heavy atom. The summed E-state index contributed by atoms with van der Waals surface area (Å²) >= 11 is 0. The number of rotatable bonds is 4. The Labute approximate surface area is 115 Å². The van der Waals surface area contributed by atoms with E-state index in [-0.39, 0.29) is 12.5 Å². The first-order chi connectivity index (χ1) is 9.67. The molecule has 0 spiro atoms. The quantitative estimate of drug-likeness (QED) is 0.850. The molecule has 0 fully saturated rings. The highest BCUT2D eigenvalue weighted by Crippen LogP contribution is 2.05. The highest BCUT2D eigenvalue weighted by molar-refractivity contribution is 5.91. The number of nitrogens with one attached hydrogen (secondary N) is 1. The Hall–Kier alpha value is -2.94. The van der Waals surface area contributed by atoms with Gasteiger partial charge in [-0.3, -0.25) is 4.79 Å². The predicted molar refractivity (Wildman–Crippen MR) is 71.1 cm³/mol. The molecule has 0 aliphatic heterocycles. The topological polar surface area (TPSA) is 91.8 Å². The van der Waals surface area contributed by atoms with Gasteiger partial charge < -0.3 is 9.84 Å². The van der Waals surface area contributed by atoms with E-state index in [0.29, 0.717) is 17.3 Å². The van der Waals surface area contributed by atoms with Gasteiger partial charge >= 0.3 is 0 Å². The van der Waals surface area contributed by atoms with Gasteiger partial charge in [0.25, 0.3) is 0 Å². The van der Waals surface area contributed by atoms with Crippen molar-refractivity contribution < 1.29 is 9.32 Å². The average molecular weight is 268 g/mol. The van der Waals surface area contributed by atoms with Crippen LogP contribution in [0.5, 0.6) is 0 Å². The molecule has 2 rings (SSSR count). The number of amides is 1. The van der Waals surface area contributed by atoms with Gasteiger partial charge in [0, 0.05) is 13.0 Å². The van der Waals surface area contributed by atoms with E-state index in [0.717, 1.165) is 5.56 Å². The molecule has 1 aromatic heterocycles. The van der Waals surface area contributed by atoms with E-state index < -0.39 is 0 Å². The molecular weight excluding hydrogens is 256 g/mol. The van der Waals surface area contributed by atoms with E-state index in [4.69, 9.17) is 9.78 Å². The number of hydrogen-bond acceptors (Lipinski definition) is 5. The molecule has 6 nitrogen and oxygen atoms in total. The maximum absolute atomic E-state index is 11.6. The summed E-state index contributed by atoms with van der Waals surface area (Å²) in [6.07, 6.45) is 3.03. The van der Waals surface area contributed by atoms with Crippen LogP contribution in [0.15, 0.2) is 34.9 Å². The summed E-state index contributed by atoms with van der Waals surface area (Å²) in [5, 5.41) is 15.1. The minimum absolute atomic E-state index is 0.207. The number of nitrogens with zero attached hydrogens (tertiary/aromatic N) is 3. The third-order valence-corrected chi connectivity index (χ3v) is 2.43. The Balaban J connectivity index is 1.90. The molecule has 20 heavy (non-hydrogen) atoms. The Kier molecular flexibility index (Phi) is 4.24. The van der Waals surface area contributed by atoms with Gasteiger partial charge in [0.2, 0.25) is 11.8 Å². The normalized spacial score (nSPS) is 10.4. The first-order valence-corrected chi connectivity index (χ1v) is 5.92. The Bertz CT molecular complexity index is 682. The van der Waals surface area contributed by atoms with Crippen molar-refractivity contribution in [2.24, 2.45) is 0 Å². The van der Waals surface area contributed by atoms with Crippen molar-refractivity contribution in [2.75, 3.05) is 0 Å². The van der Waals surface area contributed by atoms with Gasteiger partial charge in [0.15, 0.2) is 5.82 Å². The first-order valence-electron chi connectivity index (χ1n) is 5.92. The average Bonchev–Trinajstić information content (AvgIpc) is 2.89. The van der Waals surface area contributed by atoms with Gasteiger partial charge in [-0.15, -0.1) is 0 Å². The number of carbonyl (C=O) groups is 1. The second-order valence-electron chi connectivity index (χ2n) is 4.02. The van der Waals surface area contributed by atoms with E-state index in [1.165, 1.54) is 6.08 Å². The van der Waals surface area contributed by atoms with Crippen molar-refractivity contribution in [1.29, 1.82) is 5.26 Å². The van der Waals surface area contributed by atoms with Crippen LogP contribution in [0, 0.1) is 18.3 Å². The fourth-order valence-electron chi connectivity index (χ4n) is 1.52. The highest BCUT2D eigenvalue weighted by atomic mass is 16.5. The van der Waals surface area contributed by atoms with Crippen molar-refractivity contribution in [3.8, 4) is 6.07 Å². The van der Waals surface area contributed by atoms with Crippen LogP contribution in [0.1, 0.15) is 22.8 Å². The third-order valence-electron chi connectivity index (χ3n) is 2.43. The zero-order valence-electron chi connectivity index (χ0n) is 10.8. The smallest absolute Gasteiger partial charge is 0.244 e. The molecule has 0 radical (unpaired) electrons. The highest BCUT2D eigenvalue weighted by Gasteiger charge is 2.03. The van der Waals surface area contributed by atoms with E-state index >= 15 is 0 Å². The lowest BCUT2D eigenvalue weighted by Crippen LogP contribution is -2.20. The van der Waals surface area contributed by atoms with Crippen molar-refractivity contribution in [1.82, 2.24) is 15.5 Å². The molecule has 0 aliphatic rings. The van der Waals surface area contributed by atoms with Gasteiger partial charge in [0.1, 0.15) is 0 Å². The van der Waals surface area contributed by atoms with Crippen LogP contribution in [-0.4, -0.2) is 16.0 Å². The third kappa shape index (κ3) is 3.78. The SMILES string of the molecule is Cc1nc(CNC(=O)/C=C/c2cccc(C#N)c2)no1. The molecular formula is C14H12N4O2. The van der Waals surface area contributed by atoms with Crippen LogP contribution >= 0.6 is 0 Å². The number of nitriles is 1. The second-order valence-corrected chi connectivity index (χ2v) is 4.02. The maximum Gasteiger partial charge on any atom is 0.244 e.